The van der Waals surface area contributed by atoms with Crippen LogP contribution in [0.5, 0.6) is 11.5 Å². The predicted octanol–water partition coefficient (Wildman–Crippen LogP) is 4.63. The molecule has 0 aliphatic rings. The quantitative estimate of drug-likeness (QED) is 0.870. The van der Waals surface area contributed by atoms with E-state index in [0.717, 1.165) is 11.1 Å². The maximum absolute atomic E-state index is 14.2. The van der Waals surface area contributed by atoms with Crippen LogP contribution in [-0.4, -0.2) is 6.04 Å². The van der Waals surface area contributed by atoms with Crippen LogP contribution in [0.25, 0.3) is 0 Å². The maximum Gasteiger partial charge on any atom is 0.166 e. The number of nitrogens with two attached hydrogens (primary N) is 1. The average molecular weight is 287 g/mol. The second-order valence-electron chi connectivity index (χ2n) is 5.70. The van der Waals surface area contributed by atoms with Crippen molar-refractivity contribution in [3.63, 3.8) is 0 Å². The van der Waals surface area contributed by atoms with Gasteiger partial charge in [-0.1, -0.05) is 44.2 Å². The van der Waals surface area contributed by atoms with E-state index in [1.54, 1.807) is 6.07 Å². The van der Waals surface area contributed by atoms with Crippen LogP contribution < -0.4 is 10.5 Å². The predicted molar refractivity (Wildman–Crippen MR) is 84.4 cm³/mol. The molecule has 2 aromatic carbocycles. The van der Waals surface area contributed by atoms with E-state index >= 15 is 0 Å². The standard InChI is InChI=1S/C18H22FNO/c1-12(2)15-8-4-5-10-17(15)21-18-14(11-13(3)20)7-6-9-16(18)19/h4-10,12-13H,11,20H2,1-3H3. The maximum atomic E-state index is 14.2. The van der Waals surface area contributed by atoms with Crippen molar-refractivity contribution >= 4 is 0 Å². The summed E-state index contributed by atoms with van der Waals surface area (Å²) >= 11 is 0. The molecule has 1 atom stereocenters. The SMILES string of the molecule is CC(N)Cc1cccc(F)c1Oc1ccccc1C(C)C. The van der Waals surface area contributed by atoms with Gasteiger partial charge in [0.25, 0.3) is 0 Å². The molecule has 2 N–H and O–H groups in total. The molecule has 0 aliphatic carbocycles. The summed E-state index contributed by atoms with van der Waals surface area (Å²) in [4.78, 5) is 0. The normalized spacial score (nSPS) is 12.5. The molecule has 0 fully saturated rings. The Balaban J connectivity index is 2.40. The number of para-hydroxylation sites is 2. The summed E-state index contributed by atoms with van der Waals surface area (Å²) in [5.41, 5.74) is 7.69. The van der Waals surface area contributed by atoms with Crippen LogP contribution in [0, 0.1) is 5.82 Å². The van der Waals surface area contributed by atoms with E-state index in [2.05, 4.69) is 13.8 Å². The van der Waals surface area contributed by atoms with Crippen LogP contribution in [0.1, 0.15) is 37.8 Å². The summed E-state index contributed by atoms with van der Waals surface area (Å²) in [5.74, 6) is 0.933. The van der Waals surface area contributed by atoms with Crippen molar-refractivity contribution in [2.75, 3.05) is 0 Å². The Labute approximate surface area is 125 Å². The summed E-state index contributed by atoms with van der Waals surface area (Å²) in [5, 5.41) is 0. The third-order valence-corrected chi connectivity index (χ3v) is 3.34. The summed E-state index contributed by atoms with van der Waals surface area (Å²) in [7, 11) is 0. The minimum absolute atomic E-state index is 0.0468. The zero-order chi connectivity index (χ0) is 15.4. The molecule has 0 radical (unpaired) electrons. The van der Waals surface area contributed by atoms with Gasteiger partial charge in [0.05, 0.1) is 0 Å². The molecule has 2 rings (SSSR count). The van der Waals surface area contributed by atoms with Gasteiger partial charge in [-0.25, -0.2) is 4.39 Å². The highest BCUT2D eigenvalue weighted by Crippen LogP contribution is 2.34. The molecule has 1 unspecified atom stereocenters. The Hall–Kier alpha value is -1.87. The Kier molecular flexibility index (Phi) is 4.97. The molecular formula is C18H22FNO. The molecule has 0 saturated heterocycles. The van der Waals surface area contributed by atoms with Gasteiger partial charge in [-0.05, 0) is 42.5 Å². The molecule has 2 aromatic rings. The minimum atomic E-state index is -0.355. The van der Waals surface area contributed by atoms with Crippen LogP contribution in [0.15, 0.2) is 42.5 Å². The van der Waals surface area contributed by atoms with Crippen molar-refractivity contribution in [3.05, 3.63) is 59.4 Å². The molecule has 0 spiro atoms. The van der Waals surface area contributed by atoms with Crippen molar-refractivity contribution in [1.29, 1.82) is 0 Å². The lowest BCUT2D eigenvalue weighted by molar-refractivity contribution is 0.428. The number of ether oxygens (including phenoxy) is 1. The molecule has 0 aliphatic heterocycles. The topological polar surface area (TPSA) is 35.2 Å². The van der Waals surface area contributed by atoms with Gasteiger partial charge in [0.1, 0.15) is 5.75 Å². The van der Waals surface area contributed by atoms with Crippen molar-refractivity contribution in [1.82, 2.24) is 0 Å². The van der Waals surface area contributed by atoms with Gasteiger partial charge < -0.3 is 10.5 Å². The van der Waals surface area contributed by atoms with Crippen LogP contribution in [0.4, 0.5) is 4.39 Å². The van der Waals surface area contributed by atoms with E-state index in [0.29, 0.717) is 18.1 Å². The van der Waals surface area contributed by atoms with E-state index < -0.39 is 0 Å². The van der Waals surface area contributed by atoms with E-state index in [1.165, 1.54) is 6.07 Å². The third kappa shape index (κ3) is 3.82. The van der Waals surface area contributed by atoms with Crippen LogP contribution in [0.2, 0.25) is 0 Å². The fourth-order valence-electron chi connectivity index (χ4n) is 2.34. The lowest BCUT2D eigenvalue weighted by Gasteiger charge is -2.17. The summed E-state index contributed by atoms with van der Waals surface area (Å²) < 4.78 is 20.1. The van der Waals surface area contributed by atoms with Crippen molar-refractivity contribution in [3.8, 4) is 11.5 Å². The van der Waals surface area contributed by atoms with Gasteiger partial charge in [0.2, 0.25) is 0 Å². The van der Waals surface area contributed by atoms with Crippen LogP contribution in [0.3, 0.4) is 0 Å². The summed E-state index contributed by atoms with van der Waals surface area (Å²) in [6, 6.07) is 12.7. The molecule has 21 heavy (non-hydrogen) atoms. The lowest BCUT2D eigenvalue weighted by Crippen LogP contribution is -2.18. The molecule has 0 amide bonds. The number of hydrogen-bond acceptors (Lipinski definition) is 2. The van der Waals surface area contributed by atoms with E-state index in [4.69, 9.17) is 10.5 Å². The fourth-order valence-corrected chi connectivity index (χ4v) is 2.34. The van der Waals surface area contributed by atoms with E-state index in [1.807, 2.05) is 37.3 Å². The zero-order valence-electron chi connectivity index (χ0n) is 12.8. The third-order valence-electron chi connectivity index (χ3n) is 3.34. The number of benzene rings is 2. The summed E-state index contributed by atoms with van der Waals surface area (Å²) in [6.07, 6.45) is 0.580. The molecular weight excluding hydrogens is 265 g/mol. The highest BCUT2D eigenvalue weighted by Gasteiger charge is 2.15. The van der Waals surface area contributed by atoms with Gasteiger partial charge >= 0.3 is 0 Å². The van der Waals surface area contributed by atoms with Gasteiger partial charge in [-0.15, -0.1) is 0 Å². The van der Waals surface area contributed by atoms with Crippen molar-refractivity contribution < 1.29 is 9.13 Å². The first-order valence-electron chi connectivity index (χ1n) is 7.28. The highest BCUT2D eigenvalue weighted by molar-refractivity contribution is 5.43. The van der Waals surface area contributed by atoms with Gasteiger partial charge in [0, 0.05) is 6.04 Å². The molecule has 112 valence electrons. The molecule has 0 aromatic heterocycles. The van der Waals surface area contributed by atoms with Gasteiger partial charge in [-0.3, -0.25) is 0 Å². The average Bonchev–Trinajstić information content (AvgIpc) is 2.42. The Morgan fingerprint density at radius 2 is 1.76 bits per heavy atom. The lowest BCUT2D eigenvalue weighted by atomic mass is 10.0. The smallest absolute Gasteiger partial charge is 0.166 e. The highest BCUT2D eigenvalue weighted by atomic mass is 19.1. The zero-order valence-corrected chi connectivity index (χ0v) is 12.8. The fraction of sp³-hybridized carbons (Fsp3) is 0.333. The van der Waals surface area contributed by atoms with Gasteiger partial charge in [-0.2, -0.15) is 0 Å². The monoisotopic (exact) mass is 287 g/mol. The molecule has 0 saturated carbocycles. The van der Waals surface area contributed by atoms with Crippen LogP contribution in [-0.2, 0) is 6.42 Å². The Morgan fingerprint density at radius 3 is 2.43 bits per heavy atom. The second-order valence-corrected chi connectivity index (χ2v) is 5.70. The number of halogens is 1. The van der Waals surface area contributed by atoms with E-state index in [9.17, 15) is 4.39 Å². The summed E-state index contributed by atoms with van der Waals surface area (Å²) in [6.45, 7) is 6.08. The number of hydrogen-bond donors (Lipinski definition) is 1. The largest absolute Gasteiger partial charge is 0.454 e. The molecule has 0 bridgehead atoms. The Morgan fingerprint density at radius 1 is 1.05 bits per heavy atom. The Bertz CT molecular complexity index is 608. The van der Waals surface area contributed by atoms with Gasteiger partial charge in [0.15, 0.2) is 11.6 Å². The number of rotatable bonds is 5. The first kappa shape index (κ1) is 15.5. The van der Waals surface area contributed by atoms with Crippen molar-refractivity contribution in [2.45, 2.75) is 39.2 Å². The molecule has 2 nitrogen and oxygen atoms in total. The van der Waals surface area contributed by atoms with Crippen LogP contribution >= 0.6 is 0 Å². The first-order valence-corrected chi connectivity index (χ1v) is 7.28. The minimum Gasteiger partial charge on any atom is -0.454 e. The van der Waals surface area contributed by atoms with Crippen molar-refractivity contribution in [2.24, 2.45) is 5.73 Å². The second kappa shape index (κ2) is 6.72. The molecule has 0 heterocycles. The van der Waals surface area contributed by atoms with E-state index in [-0.39, 0.29) is 17.6 Å². The molecule has 3 heteroatoms. The first-order chi connectivity index (χ1) is 9.99.